The third-order valence-corrected chi connectivity index (χ3v) is 3.70. The number of benzene rings is 1. The quantitative estimate of drug-likeness (QED) is 0.756. The maximum Gasteiger partial charge on any atom is 0.0637 e. The molecule has 0 heterocycles. The van der Waals surface area contributed by atoms with Crippen molar-refractivity contribution >= 4 is 0 Å². The molecule has 2 atom stereocenters. The summed E-state index contributed by atoms with van der Waals surface area (Å²) in [6.45, 7) is 0. The molecule has 3 rings (SSSR count). The van der Waals surface area contributed by atoms with Gasteiger partial charge in [-0.1, -0.05) is 24.3 Å². The standard InChI is InChI=1S/C13H16O/c14-13(10-5-6-10)12-8-7-9-3-1-2-4-11(9)12/h1-4,10,12-14H,5-8H2. The molecule has 1 fully saturated rings. The van der Waals surface area contributed by atoms with E-state index in [0.29, 0.717) is 11.8 Å². The summed E-state index contributed by atoms with van der Waals surface area (Å²) in [6, 6.07) is 8.59. The lowest BCUT2D eigenvalue weighted by Crippen LogP contribution is -2.18. The van der Waals surface area contributed by atoms with Crippen LogP contribution in [-0.2, 0) is 6.42 Å². The Kier molecular flexibility index (Phi) is 1.88. The number of rotatable bonds is 2. The second-order valence-corrected chi connectivity index (χ2v) is 4.67. The number of aliphatic hydroxyl groups excluding tert-OH is 1. The van der Waals surface area contributed by atoms with Gasteiger partial charge in [0.05, 0.1) is 6.10 Å². The van der Waals surface area contributed by atoms with Crippen molar-refractivity contribution in [3.05, 3.63) is 35.4 Å². The third-order valence-electron chi connectivity index (χ3n) is 3.70. The maximum absolute atomic E-state index is 10.1. The van der Waals surface area contributed by atoms with Crippen molar-refractivity contribution in [1.29, 1.82) is 0 Å². The number of fused-ring (bicyclic) bond motifs is 1. The summed E-state index contributed by atoms with van der Waals surface area (Å²) in [5.74, 6) is 1.03. The summed E-state index contributed by atoms with van der Waals surface area (Å²) in [4.78, 5) is 0. The van der Waals surface area contributed by atoms with Crippen LogP contribution in [-0.4, -0.2) is 11.2 Å². The molecule has 0 radical (unpaired) electrons. The molecule has 0 bridgehead atoms. The number of hydrogen-bond acceptors (Lipinski definition) is 1. The molecule has 1 saturated carbocycles. The second kappa shape index (κ2) is 3.09. The third kappa shape index (κ3) is 1.27. The highest BCUT2D eigenvalue weighted by Crippen LogP contribution is 2.44. The van der Waals surface area contributed by atoms with Crippen molar-refractivity contribution < 1.29 is 5.11 Å². The average Bonchev–Trinajstić information content (AvgIpc) is 2.97. The zero-order valence-corrected chi connectivity index (χ0v) is 8.32. The number of aryl methyl sites for hydroxylation is 1. The molecule has 2 aliphatic carbocycles. The van der Waals surface area contributed by atoms with Gasteiger partial charge in [-0.3, -0.25) is 0 Å². The van der Waals surface area contributed by atoms with Crippen LogP contribution in [0.15, 0.2) is 24.3 Å². The SMILES string of the molecule is OC(C1CC1)C1CCc2ccccc21. The van der Waals surface area contributed by atoms with Gasteiger partial charge in [0.2, 0.25) is 0 Å². The van der Waals surface area contributed by atoms with Crippen molar-refractivity contribution in [3.8, 4) is 0 Å². The van der Waals surface area contributed by atoms with Crippen LogP contribution in [0.2, 0.25) is 0 Å². The van der Waals surface area contributed by atoms with Crippen molar-refractivity contribution in [1.82, 2.24) is 0 Å². The van der Waals surface area contributed by atoms with E-state index in [4.69, 9.17) is 0 Å². The fourth-order valence-electron chi connectivity index (χ4n) is 2.71. The molecule has 0 aliphatic heterocycles. The van der Waals surface area contributed by atoms with E-state index in [9.17, 15) is 5.11 Å². The first-order chi connectivity index (χ1) is 6.86. The zero-order chi connectivity index (χ0) is 9.54. The Morgan fingerprint density at radius 2 is 1.93 bits per heavy atom. The van der Waals surface area contributed by atoms with Crippen LogP contribution >= 0.6 is 0 Å². The first kappa shape index (κ1) is 8.49. The highest BCUT2D eigenvalue weighted by Gasteiger charge is 2.38. The fraction of sp³-hybridized carbons (Fsp3) is 0.538. The predicted octanol–water partition coefficient (Wildman–Crippen LogP) is 2.49. The largest absolute Gasteiger partial charge is 0.392 e. The lowest BCUT2D eigenvalue weighted by Gasteiger charge is -2.18. The summed E-state index contributed by atoms with van der Waals surface area (Å²) in [5.41, 5.74) is 2.86. The number of aliphatic hydroxyl groups is 1. The first-order valence-electron chi connectivity index (χ1n) is 5.62. The van der Waals surface area contributed by atoms with Gasteiger partial charge in [-0.15, -0.1) is 0 Å². The minimum atomic E-state index is -0.0707. The molecule has 1 heteroatoms. The number of hydrogen-bond donors (Lipinski definition) is 1. The van der Waals surface area contributed by atoms with Crippen molar-refractivity contribution in [2.75, 3.05) is 0 Å². The smallest absolute Gasteiger partial charge is 0.0637 e. The van der Waals surface area contributed by atoms with Crippen LogP contribution in [0, 0.1) is 5.92 Å². The van der Waals surface area contributed by atoms with Crippen LogP contribution in [0.25, 0.3) is 0 Å². The summed E-state index contributed by atoms with van der Waals surface area (Å²) in [5, 5.41) is 10.1. The zero-order valence-electron chi connectivity index (χ0n) is 8.32. The Balaban J connectivity index is 1.89. The Morgan fingerprint density at radius 1 is 1.14 bits per heavy atom. The van der Waals surface area contributed by atoms with Crippen LogP contribution in [0.4, 0.5) is 0 Å². The molecule has 14 heavy (non-hydrogen) atoms. The Bertz CT molecular complexity index is 341. The molecule has 2 aliphatic rings. The van der Waals surface area contributed by atoms with E-state index in [1.165, 1.54) is 24.0 Å². The fourth-order valence-corrected chi connectivity index (χ4v) is 2.71. The summed E-state index contributed by atoms with van der Waals surface area (Å²) in [6.07, 6.45) is 4.71. The molecule has 0 amide bonds. The summed E-state index contributed by atoms with van der Waals surface area (Å²) in [7, 11) is 0. The van der Waals surface area contributed by atoms with Crippen LogP contribution in [0.5, 0.6) is 0 Å². The monoisotopic (exact) mass is 188 g/mol. The summed E-state index contributed by atoms with van der Waals surface area (Å²) < 4.78 is 0. The molecule has 2 unspecified atom stereocenters. The predicted molar refractivity (Wildman–Crippen MR) is 56.2 cm³/mol. The molecule has 1 N–H and O–H groups in total. The van der Waals surface area contributed by atoms with Gasteiger partial charge in [0.15, 0.2) is 0 Å². The molecule has 1 nitrogen and oxygen atoms in total. The summed E-state index contributed by atoms with van der Waals surface area (Å²) >= 11 is 0. The Labute approximate surface area is 84.8 Å². The van der Waals surface area contributed by atoms with E-state index in [1.54, 1.807) is 0 Å². The maximum atomic E-state index is 10.1. The molecular weight excluding hydrogens is 172 g/mol. The van der Waals surface area contributed by atoms with Crippen LogP contribution < -0.4 is 0 Å². The Morgan fingerprint density at radius 3 is 2.71 bits per heavy atom. The van der Waals surface area contributed by atoms with E-state index >= 15 is 0 Å². The van der Waals surface area contributed by atoms with Gasteiger partial charge in [-0.2, -0.15) is 0 Å². The van der Waals surface area contributed by atoms with E-state index in [1.807, 2.05) is 0 Å². The van der Waals surface area contributed by atoms with Crippen LogP contribution in [0.1, 0.15) is 36.3 Å². The van der Waals surface area contributed by atoms with E-state index in [2.05, 4.69) is 24.3 Å². The van der Waals surface area contributed by atoms with Gasteiger partial charge in [0, 0.05) is 5.92 Å². The van der Waals surface area contributed by atoms with Gasteiger partial charge in [-0.25, -0.2) is 0 Å². The molecular formula is C13H16O. The highest BCUT2D eigenvalue weighted by molar-refractivity contribution is 5.35. The van der Waals surface area contributed by atoms with Gasteiger partial charge in [0.25, 0.3) is 0 Å². The second-order valence-electron chi connectivity index (χ2n) is 4.67. The van der Waals surface area contributed by atoms with E-state index in [-0.39, 0.29) is 6.10 Å². The normalized spacial score (nSPS) is 27.4. The first-order valence-corrected chi connectivity index (χ1v) is 5.62. The van der Waals surface area contributed by atoms with Gasteiger partial charge in [0.1, 0.15) is 0 Å². The topological polar surface area (TPSA) is 20.2 Å². The van der Waals surface area contributed by atoms with Crippen molar-refractivity contribution in [2.45, 2.75) is 37.7 Å². The van der Waals surface area contributed by atoms with Gasteiger partial charge < -0.3 is 5.11 Å². The van der Waals surface area contributed by atoms with Crippen molar-refractivity contribution in [3.63, 3.8) is 0 Å². The lowest BCUT2D eigenvalue weighted by molar-refractivity contribution is 0.120. The lowest BCUT2D eigenvalue weighted by atomic mass is 9.92. The molecule has 0 aromatic heterocycles. The van der Waals surface area contributed by atoms with Gasteiger partial charge in [-0.05, 0) is 42.7 Å². The molecule has 0 spiro atoms. The minimum Gasteiger partial charge on any atom is -0.392 e. The minimum absolute atomic E-state index is 0.0707. The molecule has 74 valence electrons. The molecule has 0 saturated heterocycles. The van der Waals surface area contributed by atoms with E-state index < -0.39 is 0 Å². The van der Waals surface area contributed by atoms with E-state index in [0.717, 1.165) is 12.8 Å². The molecule has 1 aromatic carbocycles. The highest BCUT2D eigenvalue weighted by atomic mass is 16.3. The average molecular weight is 188 g/mol. The van der Waals surface area contributed by atoms with Crippen molar-refractivity contribution in [2.24, 2.45) is 5.92 Å². The Hall–Kier alpha value is -0.820. The molecule has 1 aromatic rings. The van der Waals surface area contributed by atoms with Crippen LogP contribution in [0.3, 0.4) is 0 Å². The van der Waals surface area contributed by atoms with Gasteiger partial charge >= 0.3 is 0 Å².